The maximum atomic E-state index is 8.98. The van der Waals surface area contributed by atoms with Crippen molar-refractivity contribution >= 4 is 0 Å². The van der Waals surface area contributed by atoms with Gasteiger partial charge in [-0.05, 0) is 50.4 Å². The van der Waals surface area contributed by atoms with Gasteiger partial charge in [-0.3, -0.25) is 0 Å². The lowest BCUT2D eigenvalue weighted by molar-refractivity contribution is 0.237. The van der Waals surface area contributed by atoms with Crippen molar-refractivity contribution in [3.8, 4) is 0 Å². The van der Waals surface area contributed by atoms with Gasteiger partial charge in [0.2, 0.25) is 0 Å². The molecule has 0 radical (unpaired) electrons. The van der Waals surface area contributed by atoms with E-state index in [0.29, 0.717) is 6.61 Å². The predicted molar refractivity (Wildman–Crippen MR) is 54.5 cm³/mol. The fourth-order valence-electron chi connectivity index (χ4n) is 3.02. The van der Waals surface area contributed by atoms with E-state index in [2.05, 4.69) is 6.08 Å². The molecule has 0 aliphatic heterocycles. The number of fused-ring (bicyclic) bond motifs is 1. The quantitative estimate of drug-likeness (QED) is 0.648. The molecular weight excluding hydrogens is 160 g/mol. The highest BCUT2D eigenvalue weighted by Gasteiger charge is 2.27. The third-order valence-corrected chi connectivity index (χ3v) is 3.66. The topological polar surface area (TPSA) is 20.2 Å². The molecule has 1 N–H and O–H groups in total. The Hall–Kier alpha value is -0.300. The highest BCUT2D eigenvalue weighted by atomic mass is 16.3. The van der Waals surface area contributed by atoms with Crippen LogP contribution in [0.25, 0.3) is 0 Å². The van der Waals surface area contributed by atoms with Gasteiger partial charge in [0, 0.05) is 6.61 Å². The van der Waals surface area contributed by atoms with Crippen LogP contribution < -0.4 is 0 Å². The summed E-state index contributed by atoms with van der Waals surface area (Å²) in [5.41, 5.74) is 1.70. The summed E-state index contributed by atoms with van der Waals surface area (Å²) in [6, 6.07) is 0. The van der Waals surface area contributed by atoms with Crippen LogP contribution in [0.4, 0.5) is 0 Å². The third kappa shape index (κ3) is 1.96. The normalized spacial score (nSPS) is 33.8. The summed E-state index contributed by atoms with van der Waals surface area (Å²) in [7, 11) is 0. The van der Waals surface area contributed by atoms with E-state index >= 15 is 0 Å². The van der Waals surface area contributed by atoms with Crippen molar-refractivity contribution in [2.24, 2.45) is 11.8 Å². The van der Waals surface area contributed by atoms with E-state index < -0.39 is 0 Å². The van der Waals surface area contributed by atoms with Gasteiger partial charge in [-0.25, -0.2) is 0 Å². The lowest BCUT2D eigenvalue weighted by Gasteiger charge is -2.35. The van der Waals surface area contributed by atoms with E-state index in [-0.39, 0.29) is 0 Å². The average molecular weight is 180 g/mol. The summed E-state index contributed by atoms with van der Waals surface area (Å²) in [5, 5.41) is 8.98. The van der Waals surface area contributed by atoms with Crippen molar-refractivity contribution in [2.45, 2.75) is 44.9 Å². The van der Waals surface area contributed by atoms with Crippen LogP contribution in [0.2, 0.25) is 0 Å². The summed E-state index contributed by atoms with van der Waals surface area (Å²) in [5.74, 6) is 1.61. The van der Waals surface area contributed by atoms with Crippen molar-refractivity contribution in [1.82, 2.24) is 0 Å². The molecular formula is C12H20O. The van der Waals surface area contributed by atoms with E-state index in [1.54, 1.807) is 5.57 Å². The van der Waals surface area contributed by atoms with Gasteiger partial charge in [0.1, 0.15) is 0 Å². The Labute approximate surface area is 80.8 Å². The molecule has 2 aliphatic rings. The summed E-state index contributed by atoms with van der Waals surface area (Å²) < 4.78 is 0. The second-order valence-corrected chi connectivity index (χ2v) is 4.47. The molecule has 0 amide bonds. The van der Waals surface area contributed by atoms with Crippen LogP contribution >= 0.6 is 0 Å². The molecule has 0 saturated heterocycles. The first-order valence-corrected chi connectivity index (χ1v) is 5.72. The van der Waals surface area contributed by atoms with Crippen molar-refractivity contribution in [3.63, 3.8) is 0 Å². The van der Waals surface area contributed by atoms with Gasteiger partial charge in [0.25, 0.3) is 0 Å². The van der Waals surface area contributed by atoms with E-state index in [1.165, 1.54) is 38.5 Å². The number of hydrogen-bond donors (Lipinski definition) is 1. The van der Waals surface area contributed by atoms with Crippen molar-refractivity contribution in [1.29, 1.82) is 0 Å². The van der Waals surface area contributed by atoms with Crippen molar-refractivity contribution in [2.75, 3.05) is 6.61 Å². The molecule has 0 heterocycles. The predicted octanol–water partition coefficient (Wildman–Crippen LogP) is 2.90. The Morgan fingerprint density at radius 1 is 1.23 bits per heavy atom. The van der Waals surface area contributed by atoms with Gasteiger partial charge in [-0.1, -0.05) is 18.1 Å². The second-order valence-electron chi connectivity index (χ2n) is 4.47. The zero-order valence-corrected chi connectivity index (χ0v) is 8.34. The smallest absolute Gasteiger partial charge is 0.0436 e. The van der Waals surface area contributed by atoms with E-state index in [9.17, 15) is 0 Å². The van der Waals surface area contributed by atoms with Crippen LogP contribution in [-0.4, -0.2) is 11.7 Å². The number of hydrogen-bond acceptors (Lipinski definition) is 1. The van der Waals surface area contributed by atoms with Gasteiger partial charge in [0.05, 0.1) is 0 Å². The molecule has 74 valence electrons. The first kappa shape index (κ1) is 9.26. The highest BCUT2D eigenvalue weighted by molar-refractivity contribution is 5.15. The van der Waals surface area contributed by atoms with E-state index in [0.717, 1.165) is 18.3 Å². The fourth-order valence-corrected chi connectivity index (χ4v) is 3.02. The Balaban J connectivity index is 2.05. The van der Waals surface area contributed by atoms with Crippen LogP contribution in [0, 0.1) is 11.8 Å². The molecule has 2 aliphatic carbocycles. The number of aliphatic hydroxyl groups excluding tert-OH is 1. The summed E-state index contributed by atoms with van der Waals surface area (Å²) in [4.78, 5) is 0. The van der Waals surface area contributed by atoms with Crippen molar-refractivity contribution < 1.29 is 5.11 Å². The Bertz CT molecular complexity index is 193. The van der Waals surface area contributed by atoms with Gasteiger partial charge in [-0.15, -0.1) is 0 Å². The van der Waals surface area contributed by atoms with E-state index in [1.807, 2.05) is 0 Å². The summed E-state index contributed by atoms with van der Waals surface area (Å²) in [6.45, 7) is 0.370. The first-order chi connectivity index (χ1) is 6.42. The van der Waals surface area contributed by atoms with Crippen LogP contribution in [0.1, 0.15) is 44.9 Å². The van der Waals surface area contributed by atoms with Gasteiger partial charge in [0.15, 0.2) is 0 Å². The Kier molecular flexibility index (Phi) is 3.05. The standard InChI is InChI=1S/C12H20O/c13-9-8-11-6-3-5-10-4-1-2-7-12(10)11/h7,10-11,13H,1-6,8-9H2. The summed E-state index contributed by atoms with van der Waals surface area (Å²) >= 11 is 0. The average Bonchev–Trinajstić information content (AvgIpc) is 2.19. The van der Waals surface area contributed by atoms with Crippen LogP contribution in [0.5, 0.6) is 0 Å². The maximum absolute atomic E-state index is 8.98. The molecule has 0 bridgehead atoms. The lowest BCUT2D eigenvalue weighted by Crippen LogP contribution is -2.22. The SMILES string of the molecule is OCCC1CCCC2CCCC=C12. The molecule has 0 aromatic heterocycles. The van der Waals surface area contributed by atoms with Crippen LogP contribution in [0.3, 0.4) is 0 Å². The second kappa shape index (κ2) is 4.28. The maximum Gasteiger partial charge on any atom is 0.0436 e. The Morgan fingerprint density at radius 3 is 2.92 bits per heavy atom. The zero-order valence-electron chi connectivity index (χ0n) is 8.34. The molecule has 1 nitrogen and oxygen atoms in total. The van der Waals surface area contributed by atoms with Crippen LogP contribution in [-0.2, 0) is 0 Å². The molecule has 2 unspecified atom stereocenters. The first-order valence-electron chi connectivity index (χ1n) is 5.72. The van der Waals surface area contributed by atoms with E-state index in [4.69, 9.17) is 5.11 Å². The number of allylic oxidation sites excluding steroid dienone is 2. The molecule has 0 spiro atoms. The summed E-state index contributed by atoms with van der Waals surface area (Å²) in [6.07, 6.45) is 11.7. The number of rotatable bonds is 2. The lowest BCUT2D eigenvalue weighted by atomic mass is 9.71. The number of aliphatic hydroxyl groups is 1. The minimum atomic E-state index is 0.370. The molecule has 0 aromatic rings. The molecule has 1 fully saturated rings. The minimum Gasteiger partial charge on any atom is -0.396 e. The monoisotopic (exact) mass is 180 g/mol. The third-order valence-electron chi connectivity index (χ3n) is 3.66. The fraction of sp³-hybridized carbons (Fsp3) is 0.833. The zero-order chi connectivity index (χ0) is 9.10. The van der Waals surface area contributed by atoms with Gasteiger partial charge >= 0.3 is 0 Å². The molecule has 1 saturated carbocycles. The Morgan fingerprint density at radius 2 is 2.08 bits per heavy atom. The van der Waals surface area contributed by atoms with Crippen LogP contribution in [0.15, 0.2) is 11.6 Å². The molecule has 1 heteroatoms. The molecule has 2 atom stereocenters. The highest BCUT2D eigenvalue weighted by Crippen LogP contribution is 2.41. The molecule has 0 aromatic carbocycles. The van der Waals surface area contributed by atoms with Gasteiger partial charge < -0.3 is 5.11 Å². The largest absolute Gasteiger partial charge is 0.396 e. The molecule has 13 heavy (non-hydrogen) atoms. The minimum absolute atomic E-state index is 0.370. The van der Waals surface area contributed by atoms with Crippen molar-refractivity contribution in [3.05, 3.63) is 11.6 Å². The molecule has 2 rings (SSSR count). The van der Waals surface area contributed by atoms with Gasteiger partial charge in [-0.2, -0.15) is 0 Å².